The van der Waals surface area contributed by atoms with Crippen molar-refractivity contribution < 1.29 is 4.79 Å². The van der Waals surface area contributed by atoms with Crippen LogP contribution in [0.5, 0.6) is 0 Å². The minimum atomic E-state index is -0.0889. The monoisotopic (exact) mass is 254 g/mol. The molecule has 1 aliphatic rings. The summed E-state index contributed by atoms with van der Waals surface area (Å²) in [6.07, 6.45) is 2.53. The van der Waals surface area contributed by atoms with E-state index in [0.717, 1.165) is 19.5 Å². The molecule has 0 aliphatic carbocycles. The Bertz CT molecular complexity index is 412. The number of rotatable bonds is 3. The first-order valence-electron chi connectivity index (χ1n) is 5.53. The van der Waals surface area contributed by atoms with Gasteiger partial charge in [-0.05, 0) is 18.6 Å². The Morgan fingerprint density at radius 3 is 3.18 bits per heavy atom. The van der Waals surface area contributed by atoms with Crippen LogP contribution in [0.3, 0.4) is 0 Å². The van der Waals surface area contributed by atoms with Gasteiger partial charge in [0, 0.05) is 25.3 Å². The lowest BCUT2D eigenvalue weighted by Gasteiger charge is -2.14. The van der Waals surface area contributed by atoms with Crippen LogP contribution in [0.1, 0.15) is 6.42 Å². The summed E-state index contributed by atoms with van der Waals surface area (Å²) in [5.41, 5.74) is 6.32. The molecule has 1 saturated heterocycles. The van der Waals surface area contributed by atoms with Gasteiger partial charge in [-0.15, -0.1) is 0 Å². The van der Waals surface area contributed by atoms with Crippen molar-refractivity contribution in [2.45, 2.75) is 12.5 Å². The number of halogens is 1. The zero-order valence-corrected chi connectivity index (χ0v) is 10.2. The van der Waals surface area contributed by atoms with Gasteiger partial charge in [0.1, 0.15) is 0 Å². The fourth-order valence-corrected chi connectivity index (χ4v) is 2.04. The number of pyridine rings is 1. The van der Waals surface area contributed by atoms with Gasteiger partial charge in [0.2, 0.25) is 5.91 Å². The second-order valence-corrected chi connectivity index (χ2v) is 4.53. The predicted octanol–water partition coefficient (Wildman–Crippen LogP) is 0.706. The Morgan fingerprint density at radius 1 is 1.71 bits per heavy atom. The third kappa shape index (κ3) is 3.39. The van der Waals surface area contributed by atoms with Crippen molar-refractivity contribution in [1.29, 1.82) is 0 Å². The van der Waals surface area contributed by atoms with Crippen LogP contribution in [0.4, 0.5) is 5.69 Å². The fraction of sp³-hybridized carbons (Fsp3) is 0.455. The van der Waals surface area contributed by atoms with E-state index >= 15 is 0 Å². The number of nitrogens with one attached hydrogen (secondary N) is 1. The normalized spacial score (nSPS) is 20.5. The molecule has 1 aromatic rings. The molecule has 0 saturated carbocycles. The van der Waals surface area contributed by atoms with Crippen molar-refractivity contribution in [3.8, 4) is 0 Å². The maximum atomic E-state index is 11.7. The van der Waals surface area contributed by atoms with Crippen LogP contribution in [-0.4, -0.2) is 41.5 Å². The molecule has 0 radical (unpaired) electrons. The zero-order chi connectivity index (χ0) is 12.3. The number of anilines is 1. The van der Waals surface area contributed by atoms with Gasteiger partial charge in [-0.3, -0.25) is 9.69 Å². The van der Waals surface area contributed by atoms with Crippen LogP contribution in [0, 0.1) is 0 Å². The van der Waals surface area contributed by atoms with E-state index in [0.29, 0.717) is 17.4 Å². The molecule has 1 fully saturated rings. The lowest BCUT2D eigenvalue weighted by molar-refractivity contribution is -0.117. The lowest BCUT2D eigenvalue weighted by Crippen LogP contribution is -2.33. The van der Waals surface area contributed by atoms with E-state index in [2.05, 4.69) is 10.3 Å². The van der Waals surface area contributed by atoms with Gasteiger partial charge >= 0.3 is 0 Å². The number of amides is 1. The topological polar surface area (TPSA) is 71.2 Å². The molecule has 0 spiro atoms. The summed E-state index contributed by atoms with van der Waals surface area (Å²) >= 11 is 5.85. The van der Waals surface area contributed by atoms with Gasteiger partial charge in [-0.2, -0.15) is 0 Å². The van der Waals surface area contributed by atoms with Crippen LogP contribution in [0.15, 0.2) is 18.3 Å². The van der Waals surface area contributed by atoms with Crippen molar-refractivity contribution >= 4 is 23.2 Å². The first-order valence-corrected chi connectivity index (χ1v) is 5.91. The molecule has 2 rings (SSSR count). The van der Waals surface area contributed by atoms with Gasteiger partial charge in [-0.25, -0.2) is 4.98 Å². The number of carbonyl (C=O) groups is 1. The predicted molar refractivity (Wildman–Crippen MR) is 66.9 cm³/mol. The van der Waals surface area contributed by atoms with Crippen LogP contribution in [-0.2, 0) is 4.79 Å². The molecule has 0 aromatic carbocycles. The Balaban J connectivity index is 1.87. The second-order valence-electron chi connectivity index (χ2n) is 4.17. The summed E-state index contributed by atoms with van der Waals surface area (Å²) in [7, 11) is 0. The third-order valence-electron chi connectivity index (χ3n) is 2.71. The van der Waals surface area contributed by atoms with E-state index < -0.39 is 0 Å². The highest BCUT2D eigenvalue weighted by molar-refractivity contribution is 6.32. The molecule has 2 heterocycles. The molecule has 3 N–H and O–H groups in total. The Labute approximate surface area is 105 Å². The van der Waals surface area contributed by atoms with Crippen molar-refractivity contribution in [3.05, 3.63) is 23.5 Å². The first kappa shape index (κ1) is 12.3. The molecule has 17 heavy (non-hydrogen) atoms. The molecule has 6 heteroatoms. The number of hydrogen-bond donors (Lipinski definition) is 2. The average Bonchev–Trinajstić information content (AvgIpc) is 2.67. The zero-order valence-electron chi connectivity index (χ0n) is 9.40. The maximum absolute atomic E-state index is 11.7. The standard InChI is InChI=1S/C11H15ClN4O/c12-11-9(2-1-4-14-11)15-10(17)7-16-5-3-8(13)6-16/h1-2,4,8H,3,5-7,13H2,(H,15,17)/t8-/m1/s1. The van der Waals surface area contributed by atoms with Crippen LogP contribution < -0.4 is 11.1 Å². The van der Waals surface area contributed by atoms with Gasteiger partial charge < -0.3 is 11.1 Å². The minimum Gasteiger partial charge on any atom is -0.326 e. The summed E-state index contributed by atoms with van der Waals surface area (Å²) in [5, 5.41) is 3.04. The van der Waals surface area contributed by atoms with E-state index in [9.17, 15) is 4.79 Å². The van der Waals surface area contributed by atoms with Gasteiger partial charge in [-0.1, -0.05) is 11.6 Å². The number of hydrogen-bond acceptors (Lipinski definition) is 4. The van der Waals surface area contributed by atoms with Gasteiger partial charge in [0.15, 0.2) is 5.15 Å². The van der Waals surface area contributed by atoms with Crippen LogP contribution >= 0.6 is 11.6 Å². The highest BCUT2D eigenvalue weighted by atomic mass is 35.5. The molecular formula is C11H15ClN4O. The molecule has 0 unspecified atom stereocenters. The quantitative estimate of drug-likeness (QED) is 0.780. The van der Waals surface area contributed by atoms with Gasteiger partial charge in [0.25, 0.3) is 0 Å². The molecule has 0 bridgehead atoms. The van der Waals surface area contributed by atoms with Crippen LogP contribution in [0.25, 0.3) is 0 Å². The Kier molecular flexibility index (Phi) is 3.93. The molecule has 1 atom stereocenters. The SMILES string of the molecule is N[C@@H]1CCN(CC(=O)Nc2cccnc2Cl)C1. The Hall–Kier alpha value is -1.17. The van der Waals surface area contributed by atoms with E-state index in [1.807, 2.05) is 4.90 Å². The maximum Gasteiger partial charge on any atom is 0.238 e. The molecular weight excluding hydrogens is 240 g/mol. The summed E-state index contributed by atoms with van der Waals surface area (Å²) in [4.78, 5) is 17.7. The second kappa shape index (κ2) is 5.44. The molecule has 5 nitrogen and oxygen atoms in total. The molecule has 1 aliphatic heterocycles. The van der Waals surface area contributed by atoms with E-state index in [1.165, 1.54) is 0 Å². The number of carbonyl (C=O) groups excluding carboxylic acids is 1. The summed E-state index contributed by atoms with van der Waals surface area (Å²) < 4.78 is 0. The largest absolute Gasteiger partial charge is 0.326 e. The molecule has 92 valence electrons. The van der Waals surface area contributed by atoms with Gasteiger partial charge in [0.05, 0.1) is 12.2 Å². The highest BCUT2D eigenvalue weighted by Crippen LogP contribution is 2.17. The van der Waals surface area contributed by atoms with Crippen LogP contribution in [0.2, 0.25) is 5.15 Å². The van der Waals surface area contributed by atoms with Crippen molar-refractivity contribution in [2.75, 3.05) is 25.0 Å². The van der Waals surface area contributed by atoms with Crippen molar-refractivity contribution in [3.63, 3.8) is 0 Å². The number of aromatic nitrogens is 1. The summed E-state index contributed by atoms with van der Waals surface area (Å²) in [5.74, 6) is -0.0889. The Morgan fingerprint density at radius 2 is 2.53 bits per heavy atom. The summed E-state index contributed by atoms with van der Waals surface area (Å²) in [6, 6.07) is 3.64. The third-order valence-corrected chi connectivity index (χ3v) is 3.01. The first-order chi connectivity index (χ1) is 8.15. The average molecular weight is 255 g/mol. The molecule has 1 amide bonds. The lowest BCUT2D eigenvalue weighted by atomic mass is 10.3. The van der Waals surface area contributed by atoms with E-state index in [4.69, 9.17) is 17.3 Å². The smallest absolute Gasteiger partial charge is 0.238 e. The van der Waals surface area contributed by atoms with E-state index in [1.54, 1.807) is 18.3 Å². The minimum absolute atomic E-state index is 0.0889. The van der Waals surface area contributed by atoms with Crippen molar-refractivity contribution in [1.82, 2.24) is 9.88 Å². The van der Waals surface area contributed by atoms with E-state index in [-0.39, 0.29) is 11.9 Å². The van der Waals surface area contributed by atoms with Crippen molar-refractivity contribution in [2.24, 2.45) is 5.73 Å². The highest BCUT2D eigenvalue weighted by Gasteiger charge is 2.21. The number of nitrogens with two attached hydrogens (primary N) is 1. The fourth-order valence-electron chi connectivity index (χ4n) is 1.88. The molecule has 1 aromatic heterocycles. The number of likely N-dealkylation sites (tertiary alicyclic amines) is 1. The number of nitrogens with zero attached hydrogens (tertiary/aromatic N) is 2. The summed E-state index contributed by atoms with van der Waals surface area (Å²) in [6.45, 7) is 1.99.